The van der Waals surface area contributed by atoms with Crippen molar-refractivity contribution in [1.29, 1.82) is 0 Å². The Morgan fingerprint density at radius 2 is 2.00 bits per heavy atom. The van der Waals surface area contributed by atoms with E-state index < -0.39 is 10.5 Å². The first-order valence-electron chi connectivity index (χ1n) is 7.10. The van der Waals surface area contributed by atoms with Gasteiger partial charge < -0.3 is 9.26 Å². The van der Waals surface area contributed by atoms with E-state index >= 15 is 0 Å². The highest BCUT2D eigenvalue weighted by Gasteiger charge is 2.32. The van der Waals surface area contributed by atoms with E-state index in [9.17, 15) is 10.1 Å². The molecule has 124 valence electrons. The molecular weight excluding hydrogens is 314 g/mol. The maximum Gasteiger partial charge on any atom is 0.307 e. The number of nitrogens with zero attached hydrogens (tertiary/aromatic N) is 5. The van der Waals surface area contributed by atoms with Crippen LogP contribution in [0.1, 0.15) is 19.7 Å². The lowest BCUT2D eigenvalue weighted by Gasteiger charge is -2.19. The molecule has 3 rings (SSSR count). The van der Waals surface area contributed by atoms with Crippen molar-refractivity contribution in [1.82, 2.24) is 19.9 Å². The van der Waals surface area contributed by atoms with E-state index in [0.717, 1.165) is 11.3 Å². The van der Waals surface area contributed by atoms with E-state index in [1.807, 2.05) is 12.1 Å². The summed E-state index contributed by atoms with van der Waals surface area (Å²) in [4.78, 5) is 14.7. The van der Waals surface area contributed by atoms with Crippen LogP contribution in [0, 0.1) is 10.1 Å². The molecule has 0 bridgehead atoms. The van der Waals surface area contributed by atoms with Crippen molar-refractivity contribution in [2.75, 3.05) is 7.11 Å². The van der Waals surface area contributed by atoms with Crippen LogP contribution in [0.3, 0.4) is 0 Å². The zero-order chi connectivity index (χ0) is 17.3. The standard InChI is InChI=1S/C15H15N5O4/c1-15(2,19-9-11(8-16-19)20(21)22)14-17-13(18-24-14)10-4-6-12(23-3)7-5-10/h4-9H,1-3H3. The van der Waals surface area contributed by atoms with Crippen molar-refractivity contribution in [2.45, 2.75) is 19.4 Å². The van der Waals surface area contributed by atoms with Crippen LogP contribution in [0.5, 0.6) is 5.75 Å². The van der Waals surface area contributed by atoms with Gasteiger partial charge in [0.15, 0.2) is 0 Å². The summed E-state index contributed by atoms with van der Waals surface area (Å²) in [6.45, 7) is 3.57. The first-order chi connectivity index (χ1) is 11.4. The highest BCUT2D eigenvalue weighted by atomic mass is 16.6. The van der Waals surface area contributed by atoms with Crippen LogP contribution in [-0.4, -0.2) is 32.0 Å². The van der Waals surface area contributed by atoms with Crippen molar-refractivity contribution >= 4 is 5.69 Å². The van der Waals surface area contributed by atoms with Gasteiger partial charge in [-0.05, 0) is 38.1 Å². The van der Waals surface area contributed by atoms with Crippen molar-refractivity contribution < 1.29 is 14.2 Å². The number of hydrogen-bond donors (Lipinski definition) is 0. The van der Waals surface area contributed by atoms with Crippen LogP contribution in [0.15, 0.2) is 41.2 Å². The number of ether oxygens (including phenoxy) is 1. The lowest BCUT2D eigenvalue weighted by atomic mass is 10.1. The molecule has 9 nitrogen and oxygen atoms in total. The molecule has 2 aromatic heterocycles. The first kappa shape index (κ1) is 15.7. The Balaban J connectivity index is 1.91. The predicted molar refractivity (Wildman–Crippen MR) is 83.6 cm³/mol. The zero-order valence-electron chi connectivity index (χ0n) is 13.3. The lowest BCUT2D eigenvalue weighted by Crippen LogP contribution is -2.28. The number of nitro groups is 1. The van der Waals surface area contributed by atoms with Crippen LogP contribution in [0.4, 0.5) is 5.69 Å². The smallest absolute Gasteiger partial charge is 0.307 e. The molecule has 0 spiro atoms. The molecule has 1 aromatic carbocycles. The van der Waals surface area contributed by atoms with Gasteiger partial charge >= 0.3 is 5.69 Å². The van der Waals surface area contributed by atoms with E-state index in [2.05, 4.69) is 15.2 Å². The van der Waals surface area contributed by atoms with Gasteiger partial charge in [0.05, 0.1) is 12.0 Å². The Labute approximate surface area is 137 Å². The molecule has 0 saturated heterocycles. The molecule has 0 amide bonds. The summed E-state index contributed by atoms with van der Waals surface area (Å²) < 4.78 is 11.9. The van der Waals surface area contributed by atoms with Gasteiger partial charge in [0, 0.05) is 5.56 Å². The summed E-state index contributed by atoms with van der Waals surface area (Å²) in [5.74, 6) is 1.44. The Morgan fingerprint density at radius 3 is 2.58 bits per heavy atom. The average molecular weight is 329 g/mol. The van der Waals surface area contributed by atoms with Crippen LogP contribution in [-0.2, 0) is 5.54 Å². The largest absolute Gasteiger partial charge is 0.497 e. The fourth-order valence-electron chi connectivity index (χ4n) is 2.14. The van der Waals surface area contributed by atoms with E-state index in [1.165, 1.54) is 17.1 Å². The van der Waals surface area contributed by atoms with E-state index in [1.54, 1.807) is 33.1 Å². The Morgan fingerprint density at radius 1 is 1.29 bits per heavy atom. The van der Waals surface area contributed by atoms with Gasteiger partial charge in [-0.15, -0.1) is 0 Å². The third kappa shape index (κ3) is 2.71. The van der Waals surface area contributed by atoms with Gasteiger partial charge in [0.25, 0.3) is 5.89 Å². The highest BCUT2D eigenvalue weighted by molar-refractivity contribution is 5.55. The van der Waals surface area contributed by atoms with Crippen LogP contribution in [0.2, 0.25) is 0 Å². The minimum Gasteiger partial charge on any atom is -0.497 e. The minimum absolute atomic E-state index is 0.0991. The summed E-state index contributed by atoms with van der Waals surface area (Å²) >= 11 is 0. The van der Waals surface area contributed by atoms with E-state index in [4.69, 9.17) is 9.26 Å². The predicted octanol–water partition coefficient (Wildman–Crippen LogP) is 2.63. The van der Waals surface area contributed by atoms with Gasteiger partial charge in [-0.1, -0.05) is 5.16 Å². The number of aromatic nitrogens is 4. The summed E-state index contributed by atoms with van der Waals surface area (Å²) in [6.07, 6.45) is 2.51. The number of hydrogen-bond acceptors (Lipinski definition) is 7. The topological polar surface area (TPSA) is 109 Å². The molecule has 0 N–H and O–H groups in total. The monoisotopic (exact) mass is 329 g/mol. The molecule has 0 aliphatic heterocycles. The summed E-state index contributed by atoms with van der Waals surface area (Å²) in [6, 6.07) is 7.24. The number of benzene rings is 1. The lowest BCUT2D eigenvalue weighted by molar-refractivity contribution is -0.385. The van der Waals surface area contributed by atoms with Crippen molar-refractivity contribution in [2.24, 2.45) is 0 Å². The number of methoxy groups -OCH3 is 1. The van der Waals surface area contributed by atoms with Crippen molar-refractivity contribution in [3.63, 3.8) is 0 Å². The fraction of sp³-hybridized carbons (Fsp3) is 0.267. The van der Waals surface area contributed by atoms with Gasteiger partial charge in [-0.3, -0.25) is 14.8 Å². The third-order valence-electron chi connectivity index (χ3n) is 3.65. The van der Waals surface area contributed by atoms with Gasteiger partial charge in [-0.2, -0.15) is 10.1 Å². The highest BCUT2D eigenvalue weighted by Crippen LogP contribution is 2.27. The SMILES string of the molecule is COc1ccc(-c2noc(C(C)(C)n3cc([N+](=O)[O-])cn3)n2)cc1. The third-order valence-corrected chi connectivity index (χ3v) is 3.65. The maximum absolute atomic E-state index is 10.8. The zero-order valence-corrected chi connectivity index (χ0v) is 13.3. The Kier molecular flexibility index (Phi) is 3.76. The molecule has 0 saturated carbocycles. The molecule has 24 heavy (non-hydrogen) atoms. The quantitative estimate of drug-likeness (QED) is 0.522. The molecule has 0 radical (unpaired) electrons. The van der Waals surface area contributed by atoms with Crippen LogP contribution in [0.25, 0.3) is 11.4 Å². The molecule has 3 aromatic rings. The van der Waals surface area contributed by atoms with E-state index in [0.29, 0.717) is 11.7 Å². The first-order valence-corrected chi connectivity index (χ1v) is 7.10. The van der Waals surface area contributed by atoms with E-state index in [-0.39, 0.29) is 5.69 Å². The summed E-state index contributed by atoms with van der Waals surface area (Å²) in [5, 5.41) is 18.8. The van der Waals surface area contributed by atoms with Crippen LogP contribution >= 0.6 is 0 Å². The molecule has 0 atom stereocenters. The van der Waals surface area contributed by atoms with Gasteiger partial charge in [-0.25, -0.2) is 0 Å². The molecule has 0 unspecified atom stereocenters. The normalized spacial score (nSPS) is 11.5. The average Bonchev–Trinajstić information content (AvgIpc) is 3.25. The minimum atomic E-state index is -0.827. The molecule has 0 fully saturated rings. The van der Waals surface area contributed by atoms with Crippen molar-refractivity contribution in [3.8, 4) is 17.1 Å². The van der Waals surface area contributed by atoms with Gasteiger partial charge in [0.1, 0.15) is 23.7 Å². The Bertz CT molecular complexity index is 866. The second-order valence-electron chi connectivity index (χ2n) is 5.61. The Hall–Kier alpha value is -3.23. The van der Waals surface area contributed by atoms with Crippen LogP contribution < -0.4 is 4.74 Å². The second kappa shape index (κ2) is 5.76. The molecular formula is C15H15N5O4. The van der Waals surface area contributed by atoms with Gasteiger partial charge in [0.2, 0.25) is 5.82 Å². The summed E-state index contributed by atoms with van der Waals surface area (Å²) in [5.41, 5.74) is -0.155. The molecule has 9 heteroatoms. The van der Waals surface area contributed by atoms with Crippen molar-refractivity contribution in [3.05, 3.63) is 52.7 Å². The molecule has 0 aliphatic rings. The molecule has 0 aliphatic carbocycles. The summed E-state index contributed by atoms with van der Waals surface area (Å²) in [7, 11) is 1.59. The maximum atomic E-state index is 10.8. The number of rotatable bonds is 5. The fourth-order valence-corrected chi connectivity index (χ4v) is 2.14. The molecule has 2 heterocycles. The second-order valence-corrected chi connectivity index (χ2v) is 5.61.